The molecular formula is C25H24N4OS2. The highest BCUT2D eigenvalue weighted by molar-refractivity contribution is 7.14. The maximum absolute atomic E-state index is 5.47. The van der Waals surface area contributed by atoms with Gasteiger partial charge in [0.05, 0.1) is 35.2 Å². The fraction of sp³-hybridized carbons (Fsp3) is 0.200. The molecule has 0 unspecified atom stereocenters. The van der Waals surface area contributed by atoms with Gasteiger partial charge in [0, 0.05) is 24.2 Å². The lowest BCUT2D eigenvalue weighted by molar-refractivity contribution is 0.122. The third-order valence-corrected chi connectivity index (χ3v) is 7.06. The van der Waals surface area contributed by atoms with Crippen molar-refractivity contribution >= 4 is 39.8 Å². The molecule has 0 N–H and O–H groups in total. The quantitative estimate of drug-likeness (QED) is 0.363. The number of para-hydroxylation sites is 1. The Bertz CT molecular complexity index is 1250. The van der Waals surface area contributed by atoms with Gasteiger partial charge in [0.15, 0.2) is 0 Å². The minimum absolute atomic E-state index is 0.788. The molecule has 0 amide bonds. The Balaban J connectivity index is 1.51. The molecule has 5 nitrogen and oxygen atoms in total. The molecular weight excluding hydrogens is 436 g/mol. The molecule has 4 aromatic rings. The third-order valence-electron chi connectivity index (χ3n) is 5.35. The second-order valence-electron chi connectivity index (χ2n) is 7.47. The molecule has 3 heterocycles. The molecule has 2 aromatic heterocycles. The van der Waals surface area contributed by atoms with Gasteiger partial charge in [-0.3, -0.25) is 0 Å². The van der Waals surface area contributed by atoms with E-state index in [9.17, 15) is 0 Å². The van der Waals surface area contributed by atoms with Gasteiger partial charge in [-0.1, -0.05) is 36.4 Å². The summed E-state index contributed by atoms with van der Waals surface area (Å²) in [5.74, 6) is 0. The zero-order chi connectivity index (χ0) is 21.8. The van der Waals surface area contributed by atoms with Crippen LogP contribution >= 0.6 is 22.7 Å². The molecule has 5 rings (SSSR count). The number of thiophene rings is 1. The van der Waals surface area contributed by atoms with Crippen molar-refractivity contribution in [3.05, 3.63) is 87.9 Å². The van der Waals surface area contributed by atoms with Crippen LogP contribution in [0.15, 0.2) is 87.6 Å². The fourth-order valence-corrected chi connectivity index (χ4v) is 5.27. The summed E-state index contributed by atoms with van der Waals surface area (Å²) in [5, 5.41) is 9.23. The molecule has 1 saturated heterocycles. The summed E-state index contributed by atoms with van der Waals surface area (Å²) in [6.07, 6.45) is 0. The molecule has 1 aliphatic rings. The van der Waals surface area contributed by atoms with E-state index in [4.69, 9.17) is 14.8 Å². The molecule has 0 saturated carbocycles. The van der Waals surface area contributed by atoms with E-state index >= 15 is 0 Å². The van der Waals surface area contributed by atoms with E-state index in [-0.39, 0.29) is 0 Å². The summed E-state index contributed by atoms with van der Waals surface area (Å²) < 4.78 is 7.43. The molecule has 0 bridgehead atoms. The van der Waals surface area contributed by atoms with Gasteiger partial charge in [-0.15, -0.1) is 22.7 Å². The van der Waals surface area contributed by atoms with E-state index < -0.39 is 0 Å². The van der Waals surface area contributed by atoms with Crippen LogP contribution < -0.4 is 9.70 Å². The number of hydrogen-bond donors (Lipinski definition) is 0. The number of benzene rings is 2. The molecule has 0 radical (unpaired) electrons. The zero-order valence-electron chi connectivity index (χ0n) is 17.8. The summed E-state index contributed by atoms with van der Waals surface area (Å²) in [6.45, 7) is 5.50. The number of thiazole rings is 1. The Labute approximate surface area is 195 Å². The van der Waals surface area contributed by atoms with E-state index in [1.54, 1.807) is 22.7 Å². The Morgan fingerprint density at radius 1 is 0.906 bits per heavy atom. The molecule has 32 heavy (non-hydrogen) atoms. The molecule has 0 atom stereocenters. The molecule has 7 heteroatoms. The Morgan fingerprint density at radius 3 is 2.41 bits per heavy atom. The minimum atomic E-state index is 0.788. The largest absolute Gasteiger partial charge is 0.378 e. The van der Waals surface area contributed by atoms with Gasteiger partial charge in [0.1, 0.15) is 0 Å². The highest BCUT2D eigenvalue weighted by Crippen LogP contribution is 2.26. The lowest BCUT2D eigenvalue weighted by Gasteiger charge is -2.28. The number of anilines is 1. The van der Waals surface area contributed by atoms with Crippen molar-refractivity contribution in [2.75, 3.05) is 31.2 Å². The monoisotopic (exact) mass is 460 g/mol. The molecule has 0 aliphatic carbocycles. The van der Waals surface area contributed by atoms with Gasteiger partial charge >= 0.3 is 0 Å². The van der Waals surface area contributed by atoms with Gasteiger partial charge in [0.25, 0.3) is 0 Å². The SMILES string of the molecule is CC(=Nn1c(-c2cccs2)csc1=Nc1ccccc1)c1ccc(N2CCOCC2)cc1. The van der Waals surface area contributed by atoms with E-state index in [2.05, 4.69) is 59.0 Å². The summed E-state index contributed by atoms with van der Waals surface area (Å²) in [5.41, 5.74) is 5.26. The summed E-state index contributed by atoms with van der Waals surface area (Å²) in [4.78, 5) is 9.24. The predicted molar refractivity (Wildman–Crippen MR) is 134 cm³/mol. The summed E-state index contributed by atoms with van der Waals surface area (Å²) in [7, 11) is 0. The number of rotatable bonds is 5. The van der Waals surface area contributed by atoms with Crippen LogP contribution in [-0.2, 0) is 4.74 Å². The van der Waals surface area contributed by atoms with Crippen LogP contribution in [0.1, 0.15) is 12.5 Å². The van der Waals surface area contributed by atoms with Crippen LogP contribution in [0.4, 0.5) is 11.4 Å². The minimum Gasteiger partial charge on any atom is -0.378 e. The van der Waals surface area contributed by atoms with Gasteiger partial charge in [-0.25, -0.2) is 9.67 Å². The number of aromatic nitrogens is 1. The predicted octanol–water partition coefficient (Wildman–Crippen LogP) is 5.62. The highest BCUT2D eigenvalue weighted by atomic mass is 32.1. The van der Waals surface area contributed by atoms with Crippen molar-refractivity contribution in [3.63, 3.8) is 0 Å². The van der Waals surface area contributed by atoms with Crippen LogP contribution in [-0.4, -0.2) is 36.7 Å². The maximum Gasteiger partial charge on any atom is 0.211 e. The Morgan fingerprint density at radius 2 is 1.69 bits per heavy atom. The van der Waals surface area contributed by atoms with Gasteiger partial charge in [-0.05, 0) is 48.2 Å². The van der Waals surface area contributed by atoms with E-state index in [1.807, 2.05) is 35.0 Å². The van der Waals surface area contributed by atoms with E-state index in [1.165, 1.54) is 10.6 Å². The van der Waals surface area contributed by atoms with Gasteiger partial charge in [0.2, 0.25) is 4.80 Å². The van der Waals surface area contributed by atoms with E-state index in [0.717, 1.165) is 53.8 Å². The first kappa shape index (κ1) is 20.9. The van der Waals surface area contributed by atoms with E-state index in [0.29, 0.717) is 0 Å². The molecule has 2 aromatic carbocycles. The van der Waals surface area contributed by atoms with Crippen LogP contribution in [0.5, 0.6) is 0 Å². The maximum atomic E-state index is 5.47. The Hall–Kier alpha value is -3.00. The first-order valence-electron chi connectivity index (χ1n) is 10.6. The second-order valence-corrected chi connectivity index (χ2v) is 9.26. The number of hydrogen-bond acceptors (Lipinski definition) is 6. The molecule has 1 fully saturated rings. The van der Waals surface area contributed by atoms with Crippen LogP contribution in [0.2, 0.25) is 0 Å². The van der Waals surface area contributed by atoms with Gasteiger partial charge < -0.3 is 9.64 Å². The summed E-state index contributed by atoms with van der Waals surface area (Å²) >= 11 is 3.31. The van der Waals surface area contributed by atoms with Crippen LogP contribution in [0.25, 0.3) is 10.6 Å². The van der Waals surface area contributed by atoms with Crippen molar-refractivity contribution in [2.24, 2.45) is 10.1 Å². The highest BCUT2D eigenvalue weighted by Gasteiger charge is 2.12. The first-order chi connectivity index (χ1) is 15.8. The van der Waals surface area contributed by atoms with Crippen molar-refractivity contribution < 1.29 is 4.74 Å². The standard InChI is InChI=1S/C25H24N4OS2/c1-19(20-9-11-22(12-10-20)28-13-15-30-16-14-28)27-29-23(24-8-5-17-31-24)18-32-25(29)26-21-6-3-2-4-7-21/h2-12,17-18H,13-16H2,1H3. The zero-order valence-corrected chi connectivity index (χ0v) is 19.5. The van der Waals surface area contributed by atoms with Crippen molar-refractivity contribution in [1.82, 2.24) is 4.68 Å². The molecule has 0 spiro atoms. The third kappa shape index (κ3) is 4.60. The number of ether oxygens (including phenoxy) is 1. The normalized spacial score (nSPS) is 15.3. The molecule has 1 aliphatic heterocycles. The molecule has 162 valence electrons. The smallest absolute Gasteiger partial charge is 0.211 e. The number of morpholine rings is 1. The average Bonchev–Trinajstić information content (AvgIpc) is 3.51. The summed E-state index contributed by atoms with van der Waals surface area (Å²) in [6, 6.07) is 22.9. The van der Waals surface area contributed by atoms with Crippen molar-refractivity contribution in [2.45, 2.75) is 6.92 Å². The van der Waals surface area contributed by atoms with Crippen LogP contribution in [0.3, 0.4) is 0 Å². The number of nitrogens with zero attached hydrogens (tertiary/aromatic N) is 4. The van der Waals surface area contributed by atoms with Crippen molar-refractivity contribution in [1.29, 1.82) is 0 Å². The second kappa shape index (κ2) is 9.65. The fourth-order valence-electron chi connectivity index (χ4n) is 3.62. The lowest BCUT2D eigenvalue weighted by atomic mass is 10.1. The van der Waals surface area contributed by atoms with Crippen molar-refractivity contribution in [3.8, 4) is 10.6 Å². The van der Waals surface area contributed by atoms with Gasteiger partial charge in [-0.2, -0.15) is 5.10 Å². The lowest BCUT2D eigenvalue weighted by Crippen LogP contribution is -2.36. The first-order valence-corrected chi connectivity index (χ1v) is 12.4. The van der Waals surface area contributed by atoms with Crippen LogP contribution in [0, 0.1) is 0 Å². The average molecular weight is 461 g/mol. The topological polar surface area (TPSA) is 42.1 Å². The Kier molecular flexibility index (Phi) is 6.29.